The number of hydrogen-bond acceptors (Lipinski definition) is 3. The SMILES string of the molecule is CCNCCOCC(=O)NCC1CC1. The predicted octanol–water partition coefficient (Wildman–Crippen LogP) is 0.139. The number of hydrogen-bond donors (Lipinski definition) is 2. The van der Waals surface area contributed by atoms with Crippen LogP contribution in [0, 0.1) is 5.92 Å². The van der Waals surface area contributed by atoms with E-state index in [2.05, 4.69) is 10.6 Å². The Bertz CT molecular complexity index is 170. The Morgan fingerprint density at radius 3 is 2.93 bits per heavy atom. The van der Waals surface area contributed by atoms with Crippen molar-refractivity contribution in [2.75, 3.05) is 32.8 Å². The molecule has 1 fully saturated rings. The summed E-state index contributed by atoms with van der Waals surface area (Å²) in [7, 11) is 0. The van der Waals surface area contributed by atoms with Gasteiger partial charge in [-0.2, -0.15) is 0 Å². The summed E-state index contributed by atoms with van der Waals surface area (Å²) >= 11 is 0. The van der Waals surface area contributed by atoms with Gasteiger partial charge in [-0.05, 0) is 25.3 Å². The number of nitrogens with one attached hydrogen (secondary N) is 2. The van der Waals surface area contributed by atoms with Crippen LogP contribution in [-0.4, -0.2) is 38.8 Å². The van der Waals surface area contributed by atoms with Crippen molar-refractivity contribution in [3.8, 4) is 0 Å². The molecule has 0 heterocycles. The highest BCUT2D eigenvalue weighted by atomic mass is 16.5. The Hall–Kier alpha value is -0.610. The van der Waals surface area contributed by atoms with Gasteiger partial charge < -0.3 is 15.4 Å². The predicted molar refractivity (Wildman–Crippen MR) is 55.1 cm³/mol. The van der Waals surface area contributed by atoms with Crippen molar-refractivity contribution in [3.63, 3.8) is 0 Å². The fourth-order valence-corrected chi connectivity index (χ4v) is 1.12. The minimum atomic E-state index is 0.00778. The van der Waals surface area contributed by atoms with Gasteiger partial charge in [0.2, 0.25) is 5.91 Å². The summed E-state index contributed by atoms with van der Waals surface area (Å²) < 4.78 is 5.18. The molecule has 1 aliphatic carbocycles. The molecule has 1 aliphatic rings. The largest absolute Gasteiger partial charge is 0.370 e. The molecule has 82 valence electrons. The summed E-state index contributed by atoms with van der Waals surface area (Å²) in [6.07, 6.45) is 2.53. The van der Waals surface area contributed by atoms with Gasteiger partial charge in [-0.15, -0.1) is 0 Å². The zero-order valence-electron chi connectivity index (χ0n) is 8.84. The minimum absolute atomic E-state index is 0.00778. The smallest absolute Gasteiger partial charge is 0.246 e. The Kier molecular flexibility index (Phi) is 5.56. The molecule has 0 radical (unpaired) electrons. The van der Waals surface area contributed by atoms with Crippen LogP contribution in [0.5, 0.6) is 0 Å². The first-order chi connectivity index (χ1) is 6.83. The van der Waals surface area contributed by atoms with E-state index in [1.165, 1.54) is 12.8 Å². The van der Waals surface area contributed by atoms with Crippen molar-refractivity contribution < 1.29 is 9.53 Å². The summed E-state index contributed by atoms with van der Waals surface area (Å²) in [6.45, 7) is 5.42. The minimum Gasteiger partial charge on any atom is -0.370 e. The van der Waals surface area contributed by atoms with Crippen LogP contribution in [0.3, 0.4) is 0 Å². The number of rotatable bonds is 8. The van der Waals surface area contributed by atoms with E-state index in [1.54, 1.807) is 0 Å². The Morgan fingerprint density at radius 2 is 2.29 bits per heavy atom. The van der Waals surface area contributed by atoms with Gasteiger partial charge in [-0.3, -0.25) is 4.79 Å². The number of likely N-dealkylation sites (N-methyl/N-ethyl adjacent to an activating group) is 1. The Labute approximate surface area is 85.4 Å². The normalized spacial score (nSPS) is 15.5. The van der Waals surface area contributed by atoms with Gasteiger partial charge in [-0.1, -0.05) is 6.92 Å². The monoisotopic (exact) mass is 200 g/mol. The lowest BCUT2D eigenvalue weighted by molar-refractivity contribution is -0.125. The molecule has 1 saturated carbocycles. The van der Waals surface area contributed by atoms with Crippen molar-refractivity contribution in [2.45, 2.75) is 19.8 Å². The third-order valence-electron chi connectivity index (χ3n) is 2.19. The molecule has 1 amide bonds. The van der Waals surface area contributed by atoms with Crippen LogP contribution in [0.25, 0.3) is 0 Å². The average molecular weight is 200 g/mol. The third-order valence-corrected chi connectivity index (χ3v) is 2.19. The molecule has 0 aliphatic heterocycles. The second-order valence-electron chi connectivity index (χ2n) is 3.65. The topological polar surface area (TPSA) is 50.4 Å². The van der Waals surface area contributed by atoms with Gasteiger partial charge in [0.15, 0.2) is 0 Å². The second-order valence-corrected chi connectivity index (χ2v) is 3.65. The van der Waals surface area contributed by atoms with Crippen molar-refractivity contribution in [2.24, 2.45) is 5.92 Å². The van der Waals surface area contributed by atoms with Crippen molar-refractivity contribution in [1.29, 1.82) is 0 Å². The lowest BCUT2D eigenvalue weighted by atomic mass is 10.4. The molecule has 4 nitrogen and oxygen atoms in total. The molecule has 4 heteroatoms. The second kappa shape index (κ2) is 6.79. The van der Waals surface area contributed by atoms with E-state index in [0.29, 0.717) is 6.61 Å². The standard InChI is InChI=1S/C10H20N2O2/c1-2-11-5-6-14-8-10(13)12-7-9-3-4-9/h9,11H,2-8H2,1H3,(H,12,13). The zero-order valence-corrected chi connectivity index (χ0v) is 8.84. The Balaban J connectivity index is 1.81. The maximum Gasteiger partial charge on any atom is 0.246 e. The third kappa shape index (κ3) is 5.94. The Morgan fingerprint density at radius 1 is 1.50 bits per heavy atom. The quantitative estimate of drug-likeness (QED) is 0.548. The summed E-state index contributed by atoms with van der Waals surface area (Å²) in [6, 6.07) is 0. The molecular weight excluding hydrogens is 180 g/mol. The van der Waals surface area contributed by atoms with E-state index in [0.717, 1.165) is 25.6 Å². The molecular formula is C10H20N2O2. The number of carbonyl (C=O) groups excluding carboxylic acids is 1. The fraction of sp³-hybridized carbons (Fsp3) is 0.900. The van der Waals surface area contributed by atoms with Crippen molar-refractivity contribution in [3.05, 3.63) is 0 Å². The van der Waals surface area contributed by atoms with Crippen LogP contribution in [0.1, 0.15) is 19.8 Å². The van der Waals surface area contributed by atoms with Crippen LogP contribution < -0.4 is 10.6 Å². The first-order valence-electron chi connectivity index (χ1n) is 5.38. The van der Waals surface area contributed by atoms with E-state index in [4.69, 9.17) is 4.74 Å². The maximum atomic E-state index is 11.2. The summed E-state index contributed by atoms with van der Waals surface area (Å²) in [5, 5.41) is 5.98. The lowest BCUT2D eigenvalue weighted by Crippen LogP contribution is -2.30. The van der Waals surface area contributed by atoms with Gasteiger partial charge in [0, 0.05) is 13.1 Å². The fourth-order valence-electron chi connectivity index (χ4n) is 1.12. The zero-order chi connectivity index (χ0) is 10.2. The molecule has 1 rings (SSSR count). The van der Waals surface area contributed by atoms with E-state index in [9.17, 15) is 4.79 Å². The average Bonchev–Trinajstić information content (AvgIpc) is 2.98. The highest BCUT2D eigenvalue weighted by Gasteiger charge is 2.21. The van der Waals surface area contributed by atoms with Gasteiger partial charge in [0.05, 0.1) is 6.61 Å². The van der Waals surface area contributed by atoms with E-state index >= 15 is 0 Å². The van der Waals surface area contributed by atoms with Gasteiger partial charge >= 0.3 is 0 Å². The molecule has 0 atom stereocenters. The van der Waals surface area contributed by atoms with Crippen LogP contribution in [0.4, 0.5) is 0 Å². The van der Waals surface area contributed by atoms with Crippen LogP contribution >= 0.6 is 0 Å². The molecule has 2 N–H and O–H groups in total. The van der Waals surface area contributed by atoms with Gasteiger partial charge in [0.25, 0.3) is 0 Å². The molecule has 14 heavy (non-hydrogen) atoms. The highest BCUT2D eigenvalue weighted by molar-refractivity contribution is 5.77. The van der Waals surface area contributed by atoms with E-state index in [1.807, 2.05) is 6.92 Å². The lowest BCUT2D eigenvalue weighted by Gasteiger charge is -2.05. The number of carbonyl (C=O) groups is 1. The van der Waals surface area contributed by atoms with Crippen LogP contribution in [0.2, 0.25) is 0 Å². The van der Waals surface area contributed by atoms with Crippen LogP contribution in [0.15, 0.2) is 0 Å². The first kappa shape index (κ1) is 11.5. The number of ether oxygens (including phenoxy) is 1. The number of amides is 1. The van der Waals surface area contributed by atoms with Gasteiger partial charge in [0.1, 0.15) is 6.61 Å². The van der Waals surface area contributed by atoms with E-state index < -0.39 is 0 Å². The first-order valence-corrected chi connectivity index (χ1v) is 5.38. The summed E-state index contributed by atoms with van der Waals surface area (Å²) in [5.41, 5.74) is 0. The summed E-state index contributed by atoms with van der Waals surface area (Å²) in [4.78, 5) is 11.2. The highest BCUT2D eigenvalue weighted by Crippen LogP contribution is 2.27. The van der Waals surface area contributed by atoms with Crippen LogP contribution in [-0.2, 0) is 9.53 Å². The molecule has 0 spiro atoms. The van der Waals surface area contributed by atoms with E-state index in [-0.39, 0.29) is 12.5 Å². The molecule has 0 bridgehead atoms. The summed E-state index contributed by atoms with van der Waals surface area (Å²) in [5.74, 6) is 0.745. The maximum absolute atomic E-state index is 11.2. The molecule has 0 aromatic carbocycles. The van der Waals surface area contributed by atoms with Crippen molar-refractivity contribution >= 4 is 5.91 Å². The van der Waals surface area contributed by atoms with Gasteiger partial charge in [-0.25, -0.2) is 0 Å². The van der Waals surface area contributed by atoms with Crippen molar-refractivity contribution in [1.82, 2.24) is 10.6 Å². The molecule has 0 saturated heterocycles. The molecule has 0 aromatic heterocycles. The molecule has 0 unspecified atom stereocenters. The molecule has 0 aromatic rings.